The SMILES string of the molecule is CN(C)c1ccccc1C1SC(CC(=O)N2CCC(N3CCc4ccccc4NC3=O)CC2)C(=O)N1CCC(C)(C)C.[HH]. The van der Waals surface area contributed by atoms with Gasteiger partial charge in [-0.2, -0.15) is 0 Å². The molecule has 2 atom stereocenters. The Morgan fingerprint density at radius 1 is 1.02 bits per heavy atom. The first kappa shape index (κ1) is 30.3. The minimum atomic E-state index is -0.398. The third-order valence-electron chi connectivity index (χ3n) is 8.68. The van der Waals surface area contributed by atoms with Crippen LogP contribution in [0.5, 0.6) is 0 Å². The molecular formula is C33H47N5O3S. The van der Waals surface area contributed by atoms with E-state index in [1.54, 1.807) is 11.8 Å². The molecular weight excluding hydrogens is 546 g/mol. The van der Waals surface area contributed by atoms with E-state index >= 15 is 0 Å². The average molecular weight is 594 g/mol. The van der Waals surface area contributed by atoms with Gasteiger partial charge in [-0.15, -0.1) is 11.8 Å². The van der Waals surface area contributed by atoms with E-state index in [1.807, 2.05) is 59.1 Å². The first-order valence-electron chi connectivity index (χ1n) is 15.2. The molecule has 0 saturated carbocycles. The molecule has 2 aromatic rings. The maximum Gasteiger partial charge on any atom is 0.322 e. The number of piperidine rings is 1. The Kier molecular flexibility index (Phi) is 9.06. The monoisotopic (exact) mass is 593 g/mol. The lowest BCUT2D eigenvalue weighted by Crippen LogP contribution is -2.50. The van der Waals surface area contributed by atoms with Crippen molar-refractivity contribution in [1.82, 2.24) is 14.7 Å². The summed E-state index contributed by atoms with van der Waals surface area (Å²) in [6.07, 6.45) is 3.41. The van der Waals surface area contributed by atoms with Gasteiger partial charge in [-0.05, 0) is 48.8 Å². The summed E-state index contributed by atoms with van der Waals surface area (Å²) in [5, 5.41) is 2.55. The fourth-order valence-electron chi connectivity index (χ4n) is 6.20. The van der Waals surface area contributed by atoms with Gasteiger partial charge in [0.15, 0.2) is 0 Å². The number of likely N-dealkylation sites (tertiary alicyclic amines) is 1. The van der Waals surface area contributed by atoms with Gasteiger partial charge < -0.3 is 24.9 Å². The van der Waals surface area contributed by atoms with Crippen molar-refractivity contribution in [2.75, 3.05) is 50.5 Å². The molecule has 0 aliphatic carbocycles. The van der Waals surface area contributed by atoms with E-state index in [-0.39, 0.29) is 42.5 Å². The number of nitrogens with one attached hydrogen (secondary N) is 1. The van der Waals surface area contributed by atoms with Crippen LogP contribution >= 0.6 is 11.8 Å². The van der Waals surface area contributed by atoms with Gasteiger partial charge in [0.1, 0.15) is 5.37 Å². The molecule has 0 spiro atoms. The number of hydrogen-bond donors (Lipinski definition) is 1. The minimum absolute atomic E-state index is 0. The van der Waals surface area contributed by atoms with Crippen molar-refractivity contribution in [3.63, 3.8) is 0 Å². The van der Waals surface area contributed by atoms with Crippen LogP contribution in [0.25, 0.3) is 0 Å². The van der Waals surface area contributed by atoms with Crippen LogP contribution in [0.15, 0.2) is 48.5 Å². The predicted molar refractivity (Wildman–Crippen MR) is 173 cm³/mol. The van der Waals surface area contributed by atoms with Crippen LogP contribution in [0.1, 0.15) is 64.4 Å². The number of carbonyl (C=O) groups excluding carboxylic acids is 3. The van der Waals surface area contributed by atoms with E-state index in [0.717, 1.165) is 48.2 Å². The Morgan fingerprint density at radius 3 is 2.43 bits per heavy atom. The van der Waals surface area contributed by atoms with Crippen molar-refractivity contribution < 1.29 is 15.8 Å². The minimum Gasteiger partial charge on any atom is -0.377 e. The van der Waals surface area contributed by atoms with Crippen molar-refractivity contribution in [3.05, 3.63) is 59.7 Å². The topological polar surface area (TPSA) is 76.2 Å². The maximum atomic E-state index is 13.8. The molecule has 0 bridgehead atoms. The average Bonchev–Trinajstić information content (AvgIpc) is 3.15. The first-order valence-corrected chi connectivity index (χ1v) is 16.1. The molecule has 0 aromatic heterocycles. The normalized spacial score (nSPS) is 21.7. The molecule has 1 N–H and O–H groups in total. The Hall–Kier alpha value is -3.20. The largest absolute Gasteiger partial charge is 0.377 e. The number of rotatable bonds is 7. The molecule has 2 unspecified atom stereocenters. The van der Waals surface area contributed by atoms with Crippen molar-refractivity contribution >= 4 is 41.0 Å². The number of urea groups is 1. The molecule has 42 heavy (non-hydrogen) atoms. The zero-order valence-electron chi connectivity index (χ0n) is 25.6. The summed E-state index contributed by atoms with van der Waals surface area (Å²) in [7, 11) is 4.05. The van der Waals surface area contributed by atoms with Crippen LogP contribution in [0.2, 0.25) is 0 Å². The second kappa shape index (κ2) is 12.6. The third-order valence-corrected chi connectivity index (χ3v) is 10.1. The molecule has 4 amide bonds. The number of fused-ring (bicyclic) bond motifs is 1. The van der Waals surface area contributed by atoms with E-state index < -0.39 is 5.25 Å². The van der Waals surface area contributed by atoms with Gasteiger partial charge in [-0.25, -0.2) is 4.79 Å². The molecule has 2 aromatic carbocycles. The zero-order valence-corrected chi connectivity index (χ0v) is 26.5. The van der Waals surface area contributed by atoms with Gasteiger partial charge in [0.25, 0.3) is 0 Å². The fraction of sp³-hybridized carbons (Fsp3) is 0.545. The van der Waals surface area contributed by atoms with Crippen molar-refractivity contribution in [3.8, 4) is 0 Å². The van der Waals surface area contributed by atoms with Crippen molar-refractivity contribution in [1.29, 1.82) is 0 Å². The van der Waals surface area contributed by atoms with Crippen molar-refractivity contribution in [2.45, 2.75) is 69.5 Å². The quantitative estimate of drug-likeness (QED) is 0.436. The van der Waals surface area contributed by atoms with E-state index in [1.165, 1.54) is 0 Å². The maximum absolute atomic E-state index is 13.8. The van der Waals surface area contributed by atoms with Gasteiger partial charge in [0.2, 0.25) is 11.8 Å². The Labute approximate surface area is 256 Å². The van der Waals surface area contributed by atoms with Crippen molar-refractivity contribution in [2.24, 2.45) is 5.41 Å². The predicted octanol–water partition coefficient (Wildman–Crippen LogP) is 5.85. The van der Waals surface area contributed by atoms with Crippen LogP contribution < -0.4 is 10.2 Å². The highest BCUT2D eigenvalue weighted by Crippen LogP contribution is 2.47. The molecule has 3 aliphatic heterocycles. The second-order valence-corrected chi connectivity index (χ2v) is 14.4. The molecule has 0 radical (unpaired) electrons. The summed E-state index contributed by atoms with van der Waals surface area (Å²) in [5.41, 5.74) is 4.35. The number of benzene rings is 2. The van der Waals surface area contributed by atoms with E-state index in [0.29, 0.717) is 26.2 Å². The third kappa shape index (κ3) is 6.72. The van der Waals surface area contributed by atoms with Gasteiger partial charge in [0.05, 0.1) is 5.25 Å². The highest BCUT2D eigenvalue weighted by molar-refractivity contribution is 8.01. The highest BCUT2D eigenvalue weighted by Gasteiger charge is 2.43. The van der Waals surface area contributed by atoms with E-state index in [9.17, 15) is 14.4 Å². The summed E-state index contributed by atoms with van der Waals surface area (Å²) in [4.78, 5) is 48.3. The lowest BCUT2D eigenvalue weighted by molar-refractivity contribution is -0.137. The van der Waals surface area contributed by atoms with Crippen LogP contribution in [0.4, 0.5) is 16.2 Å². The number of hydrogen-bond acceptors (Lipinski definition) is 5. The first-order chi connectivity index (χ1) is 20.0. The van der Waals surface area contributed by atoms with Crippen LogP contribution in [0.3, 0.4) is 0 Å². The molecule has 9 heteroatoms. The van der Waals surface area contributed by atoms with Gasteiger partial charge in [0, 0.05) is 71.1 Å². The molecule has 2 saturated heterocycles. The summed E-state index contributed by atoms with van der Waals surface area (Å²) in [6, 6.07) is 16.3. The number of anilines is 2. The highest BCUT2D eigenvalue weighted by atomic mass is 32.2. The molecule has 3 heterocycles. The standard InChI is InChI=1S/C33H45N5O3S.H2/c1-33(2,3)17-21-38-30(40)28(42-31(38)25-11-7-9-13-27(25)35(4)5)22-29(39)36-18-15-24(16-19-36)37-20-14-23-10-6-8-12-26(23)34-32(37)41;/h6-13,24,28,31H,14-22H2,1-5H3,(H,34,41);1H. The Morgan fingerprint density at radius 2 is 1.71 bits per heavy atom. The van der Waals surface area contributed by atoms with E-state index in [4.69, 9.17) is 0 Å². The smallest absolute Gasteiger partial charge is 0.322 e. The molecule has 8 nitrogen and oxygen atoms in total. The number of carbonyl (C=O) groups is 3. The van der Waals surface area contributed by atoms with Gasteiger partial charge in [-0.1, -0.05) is 57.2 Å². The number of para-hydroxylation sites is 2. The van der Waals surface area contributed by atoms with Crippen LogP contribution in [-0.4, -0.2) is 84.1 Å². The number of nitrogens with zero attached hydrogens (tertiary/aromatic N) is 4. The number of amides is 4. The molecule has 2 fully saturated rings. The van der Waals surface area contributed by atoms with Crippen LogP contribution in [0, 0.1) is 5.41 Å². The molecule has 228 valence electrons. The molecule has 5 rings (SSSR count). The Balaban J connectivity index is 0.00000423. The summed E-state index contributed by atoms with van der Waals surface area (Å²) < 4.78 is 0. The zero-order chi connectivity index (χ0) is 30.0. The second-order valence-electron chi connectivity index (χ2n) is 13.1. The van der Waals surface area contributed by atoms with E-state index in [2.05, 4.69) is 49.2 Å². The Bertz CT molecular complexity index is 1310. The lowest BCUT2D eigenvalue weighted by atomic mass is 9.92. The fourth-order valence-corrected chi connectivity index (χ4v) is 7.71. The summed E-state index contributed by atoms with van der Waals surface area (Å²) in [6.45, 7) is 9.14. The number of thioether (sulfide) groups is 1. The van der Waals surface area contributed by atoms with Crippen LogP contribution in [-0.2, 0) is 16.0 Å². The van der Waals surface area contributed by atoms with Gasteiger partial charge >= 0.3 is 6.03 Å². The van der Waals surface area contributed by atoms with Gasteiger partial charge in [-0.3, -0.25) is 9.59 Å². The summed E-state index contributed by atoms with van der Waals surface area (Å²) in [5.74, 6) is 0.0937. The molecule has 3 aliphatic rings. The summed E-state index contributed by atoms with van der Waals surface area (Å²) >= 11 is 1.62. The lowest BCUT2D eigenvalue weighted by Gasteiger charge is -2.38.